The lowest BCUT2D eigenvalue weighted by atomic mass is 10.0. The predicted octanol–water partition coefficient (Wildman–Crippen LogP) is 4.69. The number of aromatic carboxylic acids is 1. The fourth-order valence-corrected chi connectivity index (χ4v) is 4.51. The fraction of sp³-hybridized carbons (Fsp3) is 0.174. The van der Waals surface area contributed by atoms with Crippen LogP contribution in [0.4, 0.5) is 0 Å². The van der Waals surface area contributed by atoms with Crippen LogP contribution in [0.15, 0.2) is 84.9 Å². The van der Waals surface area contributed by atoms with Crippen molar-refractivity contribution in [1.29, 1.82) is 0 Å². The lowest BCUT2D eigenvalue weighted by molar-refractivity contribution is 0.0697. The molecule has 0 fully saturated rings. The molecule has 4 nitrogen and oxygen atoms in total. The van der Waals surface area contributed by atoms with E-state index >= 15 is 0 Å². The zero-order valence-electron chi connectivity index (χ0n) is 15.4. The highest BCUT2D eigenvalue weighted by molar-refractivity contribution is 7.85. The second kappa shape index (κ2) is 9.85. The minimum Gasteiger partial charge on any atom is -0.494 e. The summed E-state index contributed by atoms with van der Waals surface area (Å²) in [6.45, 7) is 0.425. The Morgan fingerprint density at radius 1 is 0.857 bits per heavy atom. The quantitative estimate of drug-likeness (QED) is 0.535. The van der Waals surface area contributed by atoms with E-state index in [1.165, 1.54) is 12.1 Å². The van der Waals surface area contributed by atoms with Gasteiger partial charge in [-0.05, 0) is 41.8 Å². The van der Waals surface area contributed by atoms with E-state index in [9.17, 15) is 9.00 Å². The van der Waals surface area contributed by atoms with E-state index in [4.69, 9.17) is 9.84 Å². The zero-order chi connectivity index (χ0) is 19.8. The van der Waals surface area contributed by atoms with Gasteiger partial charge in [0.1, 0.15) is 5.75 Å². The normalized spacial score (nSPS) is 11.9. The molecule has 144 valence electrons. The number of carbonyl (C=O) groups is 1. The number of carboxylic acids is 1. The minimum absolute atomic E-state index is 0.169. The summed E-state index contributed by atoms with van der Waals surface area (Å²) in [5.74, 6) is 0.162. The van der Waals surface area contributed by atoms with E-state index in [1.54, 1.807) is 12.1 Å². The van der Waals surface area contributed by atoms with E-state index in [0.717, 1.165) is 11.1 Å². The number of carboxylic acid groups (broad SMARTS) is 1. The molecule has 5 heteroatoms. The Morgan fingerprint density at radius 3 is 1.89 bits per heavy atom. The first-order valence-electron chi connectivity index (χ1n) is 9.08. The van der Waals surface area contributed by atoms with E-state index in [1.807, 2.05) is 60.7 Å². The predicted molar refractivity (Wildman–Crippen MR) is 111 cm³/mol. The molecule has 0 saturated heterocycles. The van der Waals surface area contributed by atoms with Crippen LogP contribution in [-0.2, 0) is 10.8 Å². The molecule has 1 atom stereocenters. The molecule has 1 N–H and O–H groups in total. The van der Waals surface area contributed by atoms with Crippen molar-refractivity contribution in [3.8, 4) is 5.75 Å². The first-order valence-corrected chi connectivity index (χ1v) is 10.5. The van der Waals surface area contributed by atoms with Crippen LogP contribution in [0.25, 0.3) is 0 Å². The molecule has 1 unspecified atom stereocenters. The van der Waals surface area contributed by atoms with Gasteiger partial charge in [0.2, 0.25) is 0 Å². The van der Waals surface area contributed by atoms with Gasteiger partial charge < -0.3 is 9.84 Å². The molecule has 0 aliphatic heterocycles. The van der Waals surface area contributed by atoms with E-state index < -0.39 is 16.8 Å². The van der Waals surface area contributed by atoms with Crippen LogP contribution in [-0.4, -0.2) is 27.6 Å². The number of ether oxygens (including phenoxy) is 1. The van der Waals surface area contributed by atoms with Gasteiger partial charge in [0.15, 0.2) is 0 Å². The van der Waals surface area contributed by atoms with Crippen molar-refractivity contribution in [2.75, 3.05) is 12.4 Å². The summed E-state index contributed by atoms with van der Waals surface area (Å²) in [5.41, 5.74) is 2.30. The maximum Gasteiger partial charge on any atom is 0.335 e. The minimum atomic E-state index is -1.09. The van der Waals surface area contributed by atoms with Crippen LogP contribution in [0.1, 0.15) is 33.2 Å². The topological polar surface area (TPSA) is 63.6 Å². The number of benzene rings is 3. The van der Waals surface area contributed by atoms with Crippen molar-refractivity contribution in [2.24, 2.45) is 0 Å². The van der Waals surface area contributed by atoms with Gasteiger partial charge in [-0.1, -0.05) is 60.7 Å². The molecule has 0 heterocycles. The van der Waals surface area contributed by atoms with Crippen molar-refractivity contribution in [1.82, 2.24) is 0 Å². The highest BCUT2D eigenvalue weighted by Gasteiger charge is 2.20. The standard InChI is InChI=1S/C23H22O4S/c24-23(25)20-12-14-21(15-13-20)27-16-7-17-28(26)22(18-8-3-1-4-9-18)19-10-5-2-6-11-19/h1-6,8-15,22H,7,16-17H2,(H,24,25). The van der Waals surface area contributed by atoms with Crippen LogP contribution in [0.3, 0.4) is 0 Å². The van der Waals surface area contributed by atoms with Crippen molar-refractivity contribution in [3.05, 3.63) is 102 Å². The third-order valence-corrected chi connectivity index (χ3v) is 6.09. The van der Waals surface area contributed by atoms with Gasteiger partial charge in [0, 0.05) is 16.6 Å². The molecule has 3 aromatic rings. The van der Waals surface area contributed by atoms with Crippen molar-refractivity contribution >= 4 is 16.8 Å². The smallest absolute Gasteiger partial charge is 0.335 e. The van der Waals surface area contributed by atoms with Gasteiger partial charge >= 0.3 is 5.97 Å². The first kappa shape index (κ1) is 19.8. The van der Waals surface area contributed by atoms with Gasteiger partial charge in [-0.2, -0.15) is 0 Å². The van der Waals surface area contributed by atoms with E-state index in [-0.39, 0.29) is 10.8 Å². The van der Waals surface area contributed by atoms with E-state index in [0.29, 0.717) is 24.5 Å². The summed E-state index contributed by atoms with van der Waals surface area (Å²) in [4.78, 5) is 10.9. The number of hydrogen-bond acceptors (Lipinski definition) is 3. The third-order valence-electron chi connectivity index (χ3n) is 4.33. The highest BCUT2D eigenvalue weighted by Crippen LogP contribution is 2.28. The first-order chi connectivity index (χ1) is 13.6. The Kier molecular flexibility index (Phi) is 6.98. The average molecular weight is 394 g/mol. The lowest BCUT2D eigenvalue weighted by Crippen LogP contribution is -2.13. The average Bonchev–Trinajstić information content (AvgIpc) is 2.73. The van der Waals surface area contributed by atoms with Gasteiger partial charge in [0.05, 0.1) is 17.4 Å². The summed E-state index contributed by atoms with van der Waals surface area (Å²) < 4.78 is 18.7. The monoisotopic (exact) mass is 394 g/mol. The van der Waals surface area contributed by atoms with Gasteiger partial charge in [-0.25, -0.2) is 4.79 Å². The second-order valence-corrected chi connectivity index (χ2v) is 7.96. The van der Waals surface area contributed by atoms with Crippen molar-refractivity contribution < 1.29 is 18.8 Å². The second-order valence-electron chi connectivity index (χ2n) is 6.32. The summed E-state index contributed by atoms with van der Waals surface area (Å²) in [7, 11) is -1.09. The Bertz CT molecular complexity index is 869. The largest absolute Gasteiger partial charge is 0.494 e. The molecule has 3 aromatic carbocycles. The molecule has 0 bridgehead atoms. The third kappa shape index (κ3) is 5.30. The lowest BCUT2D eigenvalue weighted by Gasteiger charge is -2.18. The number of hydrogen-bond donors (Lipinski definition) is 1. The Labute approximate surface area is 167 Å². The molecule has 0 amide bonds. The van der Waals surface area contributed by atoms with Crippen LogP contribution >= 0.6 is 0 Å². The van der Waals surface area contributed by atoms with Crippen molar-refractivity contribution in [2.45, 2.75) is 11.7 Å². The molecule has 0 aliphatic carbocycles. The summed E-state index contributed by atoms with van der Waals surface area (Å²) in [5, 5.41) is 8.75. The molecule has 0 saturated carbocycles. The molecule has 0 aromatic heterocycles. The van der Waals surface area contributed by atoms with E-state index in [2.05, 4.69) is 0 Å². The number of rotatable bonds is 9. The molecule has 0 spiro atoms. The Morgan fingerprint density at radius 2 is 1.39 bits per heavy atom. The van der Waals surface area contributed by atoms with Crippen molar-refractivity contribution in [3.63, 3.8) is 0 Å². The SMILES string of the molecule is O=C(O)c1ccc(OCCCS(=O)C(c2ccccc2)c2ccccc2)cc1. The fourth-order valence-electron chi connectivity index (χ4n) is 2.95. The molecular weight excluding hydrogens is 372 g/mol. The van der Waals surface area contributed by atoms with Crippen LogP contribution < -0.4 is 4.74 Å². The molecule has 3 rings (SSSR count). The van der Waals surface area contributed by atoms with Crippen LogP contribution in [0, 0.1) is 0 Å². The van der Waals surface area contributed by atoms with Crippen LogP contribution in [0.5, 0.6) is 5.75 Å². The maximum absolute atomic E-state index is 13.1. The molecule has 0 radical (unpaired) electrons. The summed E-state index contributed by atoms with van der Waals surface area (Å²) in [6.07, 6.45) is 0.642. The summed E-state index contributed by atoms with van der Waals surface area (Å²) >= 11 is 0. The molecular formula is C23H22O4S. The Balaban J connectivity index is 1.59. The molecule has 28 heavy (non-hydrogen) atoms. The zero-order valence-corrected chi connectivity index (χ0v) is 16.2. The van der Waals surface area contributed by atoms with Crippen LogP contribution in [0.2, 0.25) is 0 Å². The molecule has 0 aliphatic rings. The van der Waals surface area contributed by atoms with Gasteiger partial charge in [-0.3, -0.25) is 4.21 Å². The highest BCUT2D eigenvalue weighted by atomic mass is 32.2. The van der Waals surface area contributed by atoms with Gasteiger partial charge in [-0.15, -0.1) is 0 Å². The Hall–Kier alpha value is -2.92. The van der Waals surface area contributed by atoms with Gasteiger partial charge in [0.25, 0.3) is 0 Å². The maximum atomic E-state index is 13.1. The summed E-state index contributed by atoms with van der Waals surface area (Å²) in [6, 6.07) is 26.1.